The first kappa shape index (κ1) is 16.6. The molecule has 0 aliphatic carbocycles. The monoisotopic (exact) mass is 317 g/mol. The number of alkyl halides is 5. The van der Waals surface area contributed by atoms with E-state index < -0.39 is 47.0 Å². The minimum absolute atomic E-state index is 0.0185. The lowest BCUT2D eigenvalue weighted by Gasteiger charge is -2.13. The van der Waals surface area contributed by atoms with Gasteiger partial charge >= 0.3 is 12.1 Å². The van der Waals surface area contributed by atoms with Gasteiger partial charge in [-0.1, -0.05) is 11.6 Å². The summed E-state index contributed by atoms with van der Waals surface area (Å²) in [6.45, 7) is 1.52. The number of aromatic nitrogens is 1. The molecule has 1 aromatic heterocycles. The fourth-order valence-corrected chi connectivity index (χ4v) is 1.72. The SMILES string of the molecule is CCOC(=O)Cc1cc(Cl)c(C(F)(F)F)nc1C(F)F. The molecular formula is C11H9ClF5NO2. The number of carbonyl (C=O) groups is 1. The van der Waals surface area contributed by atoms with E-state index in [1.54, 1.807) is 0 Å². The van der Waals surface area contributed by atoms with Crippen molar-refractivity contribution < 1.29 is 31.5 Å². The fraction of sp³-hybridized carbons (Fsp3) is 0.455. The van der Waals surface area contributed by atoms with E-state index in [1.165, 1.54) is 6.92 Å². The first-order chi connectivity index (χ1) is 9.16. The van der Waals surface area contributed by atoms with Crippen molar-refractivity contribution in [2.75, 3.05) is 6.61 Å². The van der Waals surface area contributed by atoms with Crippen molar-refractivity contribution in [3.05, 3.63) is 28.0 Å². The van der Waals surface area contributed by atoms with E-state index >= 15 is 0 Å². The highest BCUT2D eigenvalue weighted by molar-refractivity contribution is 6.31. The van der Waals surface area contributed by atoms with E-state index in [9.17, 15) is 26.7 Å². The van der Waals surface area contributed by atoms with Gasteiger partial charge in [-0.15, -0.1) is 0 Å². The fourth-order valence-electron chi connectivity index (χ4n) is 1.44. The van der Waals surface area contributed by atoms with Gasteiger partial charge in [-0.2, -0.15) is 13.2 Å². The van der Waals surface area contributed by atoms with Crippen molar-refractivity contribution in [1.29, 1.82) is 0 Å². The van der Waals surface area contributed by atoms with Gasteiger partial charge in [-0.3, -0.25) is 4.79 Å². The average Bonchev–Trinajstić information content (AvgIpc) is 2.26. The summed E-state index contributed by atoms with van der Waals surface area (Å²) < 4.78 is 67.6. The third-order valence-corrected chi connectivity index (χ3v) is 2.49. The molecule has 0 saturated carbocycles. The zero-order valence-corrected chi connectivity index (χ0v) is 10.9. The number of esters is 1. The second-order valence-corrected chi connectivity index (χ2v) is 4.05. The molecule has 0 aliphatic rings. The molecule has 0 aromatic carbocycles. The van der Waals surface area contributed by atoms with Crippen LogP contribution in [0.5, 0.6) is 0 Å². The molecule has 0 amide bonds. The van der Waals surface area contributed by atoms with E-state index in [2.05, 4.69) is 9.72 Å². The number of carbonyl (C=O) groups excluding carboxylic acids is 1. The maximum absolute atomic E-state index is 12.7. The summed E-state index contributed by atoms with van der Waals surface area (Å²) in [6.07, 6.45) is -8.85. The maximum Gasteiger partial charge on any atom is 0.434 e. The topological polar surface area (TPSA) is 39.2 Å². The Balaban J connectivity index is 3.25. The Morgan fingerprint density at radius 2 is 2.05 bits per heavy atom. The van der Waals surface area contributed by atoms with E-state index in [-0.39, 0.29) is 6.61 Å². The highest BCUT2D eigenvalue weighted by Crippen LogP contribution is 2.36. The summed E-state index contributed by atoms with van der Waals surface area (Å²) in [7, 11) is 0. The normalized spacial score (nSPS) is 11.8. The minimum atomic E-state index is -4.96. The molecule has 0 radical (unpaired) electrons. The van der Waals surface area contributed by atoms with Crippen LogP contribution in [0.4, 0.5) is 22.0 Å². The predicted octanol–water partition coefficient (Wildman–Crippen LogP) is 3.80. The van der Waals surface area contributed by atoms with E-state index in [0.29, 0.717) is 6.07 Å². The van der Waals surface area contributed by atoms with Crippen LogP contribution in [0.3, 0.4) is 0 Å². The lowest BCUT2D eigenvalue weighted by atomic mass is 10.1. The van der Waals surface area contributed by atoms with Gasteiger partial charge in [-0.05, 0) is 18.6 Å². The highest BCUT2D eigenvalue weighted by Gasteiger charge is 2.37. The van der Waals surface area contributed by atoms with Crippen LogP contribution >= 0.6 is 11.6 Å². The van der Waals surface area contributed by atoms with Gasteiger partial charge in [-0.25, -0.2) is 13.8 Å². The van der Waals surface area contributed by atoms with Gasteiger partial charge in [0.25, 0.3) is 6.43 Å². The Hall–Kier alpha value is -1.44. The second-order valence-electron chi connectivity index (χ2n) is 3.64. The largest absolute Gasteiger partial charge is 0.466 e. The molecule has 1 heterocycles. The molecular weight excluding hydrogens is 309 g/mol. The maximum atomic E-state index is 12.7. The second kappa shape index (κ2) is 6.34. The van der Waals surface area contributed by atoms with Crippen LogP contribution in [-0.4, -0.2) is 17.6 Å². The van der Waals surface area contributed by atoms with Crippen LogP contribution in [0, 0.1) is 0 Å². The van der Waals surface area contributed by atoms with Crippen molar-refractivity contribution in [2.45, 2.75) is 25.9 Å². The number of ether oxygens (including phenoxy) is 1. The van der Waals surface area contributed by atoms with Gasteiger partial charge in [0.1, 0.15) is 5.69 Å². The zero-order valence-electron chi connectivity index (χ0n) is 10.1. The van der Waals surface area contributed by atoms with Gasteiger partial charge in [0, 0.05) is 0 Å². The molecule has 1 aromatic rings. The molecule has 0 aliphatic heterocycles. The summed E-state index contributed by atoms with van der Waals surface area (Å²) in [6, 6.07) is 0.662. The quantitative estimate of drug-likeness (QED) is 0.626. The van der Waals surface area contributed by atoms with E-state index in [4.69, 9.17) is 11.6 Å². The number of rotatable bonds is 4. The van der Waals surface area contributed by atoms with Gasteiger partial charge < -0.3 is 4.74 Å². The highest BCUT2D eigenvalue weighted by atomic mass is 35.5. The van der Waals surface area contributed by atoms with Crippen LogP contribution in [-0.2, 0) is 22.1 Å². The van der Waals surface area contributed by atoms with Crippen LogP contribution in [0.2, 0.25) is 5.02 Å². The Morgan fingerprint density at radius 1 is 1.45 bits per heavy atom. The number of nitrogens with zero attached hydrogens (tertiary/aromatic N) is 1. The van der Waals surface area contributed by atoms with Crippen molar-refractivity contribution >= 4 is 17.6 Å². The van der Waals surface area contributed by atoms with Crippen molar-refractivity contribution in [3.63, 3.8) is 0 Å². The van der Waals surface area contributed by atoms with E-state index in [0.717, 1.165) is 0 Å². The summed E-state index contributed by atoms with van der Waals surface area (Å²) in [4.78, 5) is 14.1. The van der Waals surface area contributed by atoms with Gasteiger partial charge in [0.05, 0.1) is 18.1 Å². The standard InChI is InChI=1S/C11H9ClF5NO2/c1-2-20-7(19)4-5-3-6(12)9(11(15,16)17)18-8(5)10(13)14/h3,10H,2,4H2,1H3. The van der Waals surface area contributed by atoms with Crippen LogP contribution < -0.4 is 0 Å². The van der Waals surface area contributed by atoms with Crippen LogP contribution in [0.15, 0.2) is 6.07 Å². The van der Waals surface area contributed by atoms with Crippen molar-refractivity contribution in [1.82, 2.24) is 4.98 Å². The lowest BCUT2D eigenvalue weighted by molar-refractivity contribution is -0.142. The Morgan fingerprint density at radius 3 is 2.50 bits per heavy atom. The molecule has 112 valence electrons. The van der Waals surface area contributed by atoms with Crippen molar-refractivity contribution in [3.8, 4) is 0 Å². The third kappa shape index (κ3) is 4.03. The first-order valence-corrected chi connectivity index (χ1v) is 5.74. The molecule has 0 unspecified atom stereocenters. The number of pyridine rings is 1. The molecule has 0 N–H and O–H groups in total. The van der Waals surface area contributed by atoms with Crippen LogP contribution in [0.1, 0.15) is 30.3 Å². The minimum Gasteiger partial charge on any atom is -0.466 e. The Kier molecular flexibility index (Phi) is 5.27. The smallest absolute Gasteiger partial charge is 0.434 e. The predicted molar refractivity (Wildman–Crippen MR) is 59.5 cm³/mol. The molecule has 9 heteroatoms. The van der Waals surface area contributed by atoms with Crippen molar-refractivity contribution in [2.24, 2.45) is 0 Å². The molecule has 1 rings (SSSR count). The molecule has 0 atom stereocenters. The summed E-state index contributed by atoms with van der Waals surface area (Å²) in [5.74, 6) is -0.855. The molecule has 0 bridgehead atoms. The molecule has 3 nitrogen and oxygen atoms in total. The number of hydrogen-bond acceptors (Lipinski definition) is 3. The first-order valence-electron chi connectivity index (χ1n) is 5.37. The Bertz CT molecular complexity index is 504. The number of halogens is 6. The molecule has 20 heavy (non-hydrogen) atoms. The summed E-state index contributed by atoms with van der Waals surface area (Å²) >= 11 is 5.37. The summed E-state index contributed by atoms with van der Waals surface area (Å²) in [5.41, 5.74) is -3.13. The third-order valence-electron chi connectivity index (χ3n) is 2.20. The molecule has 0 spiro atoms. The molecule has 0 fully saturated rings. The average molecular weight is 318 g/mol. The summed E-state index contributed by atoms with van der Waals surface area (Å²) in [5, 5.41) is -0.846. The zero-order chi connectivity index (χ0) is 15.5. The molecule has 0 saturated heterocycles. The Labute approximate surface area is 115 Å². The lowest BCUT2D eigenvalue weighted by Crippen LogP contribution is -2.15. The van der Waals surface area contributed by atoms with Crippen LogP contribution in [0.25, 0.3) is 0 Å². The van der Waals surface area contributed by atoms with Gasteiger partial charge in [0.15, 0.2) is 5.69 Å². The van der Waals surface area contributed by atoms with Gasteiger partial charge in [0.2, 0.25) is 0 Å². The number of hydrogen-bond donors (Lipinski definition) is 0. The van der Waals surface area contributed by atoms with E-state index in [1.807, 2.05) is 0 Å².